The van der Waals surface area contributed by atoms with Crippen LogP contribution in [0.1, 0.15) is 45.4 Å². The molecule has 15 heavy (non-hydrogen) atoms. The Labute approximate surface area is 93.1 Å². The Morgan fingerprint density at radius 2 is 2.40 bits per heavy atom. The van der Waals surface area contributed by atoms with E-state index in [0.717, 1.165) is 13.2 Å². The maximum atomic E-state index is 5.53. The topological polar surface area (TPSA) is 21.3 Å². The molecule has 2 atom stereocenters. The highest BCUT2D eigenvalue weighted by atomic mass is 16.5. The monoisotopic (exact) mass is 209 g/mol. The van der Waals surface area contributed by atoms with Gasteiger partial charge in [0.15, 0.2) is 0 Å². The fraction of sp³-hybridized carbons (Fsp3) is 0.846. The van der Waals surface area contributed by atoms with E-state index in [0.29, 0.717) is 12.1 Å². The van der Waals surface area contributed by atoms with E-state index in [1.54, 1.807) is 5.57 Å². The first-order valence-corrected chi connectivity index (χ1v) is 6.39. The van der Waals surface area contributed by atoms with Crippen molar-refractivity contribution in [2.45, 2.75) is 57.6 Å². The molecule has 0 aromatic rings. The lowest BCUT2D eigenvalue weighted by atomic mass is 9.97. The summed E-state index contributed by atoms with van der Waals surface area (Å²) in [6.45, 7) is 4.23. The zero-order valence-corrected chi connectivity index (χ0v) is 9.80. The van der Waals surface area contributed by atoms with Gasteiger partial charge in [-0.1, -0.05) is 11.6 Å². The van der Waals surface area contributed by atoms with Gasteiger partial charge in [0.25, 0.3) is 0 Å². The Balaban J connectivity index is 1.63. The second-order valence-electron chi connectivity index (χ2n) is 4.78. The van der Waals surface area contributed by atoms with Gasteiger partial charge in [0.1, 0.15) is 0 Å². The zero-order chi connectivity index (χ0) is 10.5. The van der Waals surface area contributed by atoms with Crippen LogP contribution in [-0.4, -0.2) is 25.3 Å². The van der Waals surface area contributed by atoms with Crippen molar-refractivity contribution >= 4 is 0 Å². The molecule has 1 saturated heterocycles. The molecule has 86 valence electrons. The van der Waals surface area contributed by atoms with Crippen LogP contribution in [0, 0.1) is 0 Å². The SMILES string of the molecule is C[C@H]1OCC[C@H]1NCCC1=CCCCC1. The Kier molecular flexibility index (Phi) is 4.21. The van der Waals surface area contributed by atoms with Gasteiger partial charge in [-0.2, -0.15) is 0 Å². The molecule has 0 aromatic heterocycles. The van der Waals surface area contributed by atoms with Crippen LogP contribution in [0.2, 0.25) is 0 Å². The minimum atomic E-state index is 0.408. The zero-order valence-electron chi connectivity index (χ0n) is 9.80. The second-order valence-corrected chi connectivity index (χ2v) is 4.78. The standard InChI is InChI=1S/C13H23NO/c1-11-13(8-10-15-11)14-9-7-12-5-3-2-4-6-12/h5,11,13-14H,2-4,6-10H2,1H3/t11-,13-/m1/s1. The van der Waals surface area contributed by atoms with Gasteiger partial charge in [-0.25, -0.2) is 0 Å². The van der Waals surface area contributed by atoms with Crippen LogP contribution < -0.4 is 5.32 Å². The third-order valence-electron chi connectivity index (χ3n) is 3.61. The molecule has 2 nitrogen and oxygen atoms in total. The summed E-state index contributed by atoms with van der Waals surface area (Å²) in [5.41, 5.74) is 1.67. The average molecular weight is 209 g/mol. The third kappa shape index (κ3) is 3.32. The summed E-state index contributed by atoms with van der Waals surface area (Å²) in [7, 11) is 0. The van der Waals surface area contributed by atoms with E-state index in [1.807, 2.05) is 0 Å². The molecule has 1 aliphatic carbocycles. The number of allylic oxidation sites excluding steroid dienone is 1. The van der Waals surface area contributed by atoms with Crippen molar-refractivity contribution in [2.75, 3.05) is 13.2 Å². The Morgan fingerprint density at radius 1 is 1.47 bits per heavy atom. The van der Waals surface area contributed by atoms with Gasteiger partial charge in [-0.05, 0) is 52.0 Å². The van der Waals surface area contributed by atoms with E-state index in [2.05, 4.69) is 18.3 Å². The molecule has 0 spiro atoms. The van der Waals surface area contributed by atoms with Crippen molar-refractivity contribution in [1.82, 2.24) is 5.32 Å². The molecule has 0 aromatic carbocycles. The highest BCUT2D eigenvalue weighted by molar-refractivity contribution is 5.05. The van der Waals surface area contributed by atoms with E-state index < -0.39 is 0 Å². The van der Waals surface area contributed by atoms with E-state index >= 15 is 0 Å². The Morgan fingerprint density at radius 3 is 3.07 bits per heavy atom. The second kappa shape index (κ2) is 5.66. The van der Waals surface area contributed by atoms with Crippen LogP contribution in [0.15, 0.2) is 11.6 Å². The van der Waals surface area contributed by atoms with Gasteiger partial charge >= 0.3 is 0 Å². The predicted octanol–water partition coefficient (Wildman–Crippen LogP) is 2.64. The first-order valence-electron chi connectivity index (χ1n) is 6.39. The van der Waals surface area contributed by atoms with Crippen LogP contribution in [0.3, 0.4) is 0 Å². The lowest BCUT2D eigenvalue weighted by Crippen LogP contribution is -2.35. The summed E-state index contributed by atoms with van der Waals surface area (Å²) in [6.07, 6.45) is 10.7. The summed E-state index contributed by atoms with van der Waals surface area (Å²) < 4.78 is 5.53. The number of rotatable bonds is 4. The molecule has 1 heterocycles. The number of hydrogen-bond donors (Lipinski definition) is 1. The third-order valence-corrected chi connectivity index (χ3v) is 3.61. The number of ether oxygens (including phenoxy) is 1. The molecule has 1 aliphatic heterocycles. The van der Waals surface area contributed by atoms with Crippen LogP contribution in [0.4, 0.5) is 0 Å². The number of nitrogens with one attached hydrogen (secondary N) is 1. The minimum absolute atomic E-state index is 0.408. The van der Waals surface area contributed by atoms with Gasteiger partial charge < -0.3 is 10.1 Å². The van der Waals surface area contributed by atoms with Gasteiger partial charge in [0.2, 0.25) is 0 Å². The first kappa shape index (κ1) is 11.2. The van der Waals surface area contributed by atoms with E-state index in [-0.39, 0.29) is 0 Å². The number of hydrogen-bond acceptors (Lipinski definition) is 2. The minimum Gasteiger partial charge on any atom is -0.377 e. The van der Waals surface area contributed by atoms with Gasteiger partial charge in [0, 0.05) is 12.6 Å². The highest BCUT2D eigenvalue weighted by Gasteiger charge is 2.23. The Bertz CT molecular complexity index is 225. The molecule has 0 radical (unpaired) electrons. The molecule has 0 saturated carbocycles. The van der Waals surface area contributed by atoms with E-state index in [1.165, 1.54) is 38.5 Å². The molecular formula is C13H23NO. The summed E-state index contributed by atoms with van der Waals surface area (Å²) in [5, 5.41) is 3.61. The quantitative estimate of drug-likeness (QED) is 0.719. The highest BCUT2D eigenvalue weighted by Crippen LogP contribution is 2.20. The van der Waals surface area contributed by atoms with Crippen LogP contribution >= 0.6 is 0 Å². The fourth-order valence-electron chi connectivity index (χ4n) is 2.55. The molecular weight excluding hydrogens is 186 g/mol. The van der Waals surface area contributed by atoms with Crippen LogP contribution in [0.5, 0.6) is 0 Å². The molecule has 0 unspecified atom stereocenters. The maximum absolute atomic E-state index is 5.53. The van der Waals surface area contributed by atoms with Crippen LogP contribution in [-0.2, 0) is 4.74 Å². The van der Waals surface area contributed by atoms with E-state index in [4.69, 9.17) is 4.74 Å². The molecule has 0 amide bonds. The summed E-state index contributed by atoms with van der Waals surface area (Å²) in [6, 6.07) is 0.592. The van der Waals surface area contributed by atoms with Gasteiger partial charge in [0.05, 0.1) is 6.10 Å². The Hall–Kier alpha value is -0.340. The van der Waals surface area contributed by atoms with E-state index in [9.17, 15) is 0 Å². The molecule has 1 N–H and O–H groups in total. The van der Waals surface area contributed by atoms with Crippen LogP contribution in [0.25, 0.3) is 0 Å². The largest absolute Gasteiger partial charge is 0.377 e. The van der Waals surface area contributed by atoms with Crippen molar-refractivity contribution in [3.63, 3.8) is 0 Å². The average Bonchev–Trinajstić information content (AvgIpc) is 2.66. The fourth-order valence-corrected chi connectivity index (χ4v) is 2.55. The first-order chi connectivity index (χ1) is 7.36. The van der Waals surface area contributed by atoms with Gasteiger partial charge in [-0.3, -0.25) is 0 Å². The molecule has 2 aliphatic rings. The van der Waals surface area contributed by atoms with Crippen molar-refractivity contribution in [3.8, 4) is 0 Å². The lowest BCUT2D eigenvalue weighted by Gasteiger charge is -2.17. The van der Waals surface area contributed by atoms with Crippen molar-refractivity contribution in [3.05, 3.63) is 11.6 Å². The van der Waals surface area contributed by atoms with Gasteiger partial charge in [-0.15, -0.1) is 0 Å². The molecule has 1 fully saturated rings. The maximum Gasteiger partial charge on any atom is 0.0700 e. The van der Waals surface area contributed by atoms with Crippen molar-refractivity contribution in [1.29, 1.82) is 0 Å². The summed E-state index contributed by atoms with van der Waals surface area (Å²) in [5.74, 6) is 0. The molecule has 0 bridgehead atoms. The van der Waals surface area contributed by atoms with Crippen molar-refractivity contribution < 1.29 is 4.74 Å². The lowest BCUT2D eigenvalue weighted by molar-refractivity contribution is 0.113. The summed E-state index contributed by atoms with van der Waals surface area (Å²) >= 11 is 0. The summed E-state index contributed by atoms with van der Waals surface area (Å²) in [4.78, 5) is 0. The smallest absolute Gasteiger partial charge is 0.0700 e. The normalized spacial score (nSPS) is 31.7. The van der Waals surface area contributed by atoms with Crippen molar-refractivity contribution in [2.24, 2.45) is 0 Å². The predicted molar refractivity (Wildman–Crippen MR) is 63.0 cm³/mol. The molecule has 2 heteroatoms. The molecule has 2 rings (SSSR count).